The number of aromatic nitrogens is 1. The van der Waals surface area contributed by atoms with E-state index in [0.717, 1.165) is 6.42 Å². The molecule has 1 aliphatic heterocycles. The van der Waals surface area contributed by atoms with Crippen LogP contribution in [0.1, 0.15) is 63.0 Å². The number of aliphatic hydroxyl groups excluding tert-OH is 1. The topological polar surface area (TPSA) is 125 Å². The molecule has 3 atom stereocenters. The van der Waals surface area contributed by atoms with Crippen molar-refractivity contribution in [1.82, 2.24) is 14.4 Å². The van der Waals surface area contributed by atoms with E-state index in [1.165, 1.54) is 41.0 Å². The predicted molar refractivity (Wildman–Crippen MR) is 152 cm³/mol. The van der Waals surface area contributed by atoms with Crippen LogP contribution in [0.15, 0.2) is 27.6 Å². The number of carbonyl (C=O) groups is 1. The van der Waals surface area contributed by atoms with E-state index >= 15 is 0 Å². The number of nitrogens with zero attached hydrogens (tertiary/aromatic N) is 3. The number of anilines is 1. The summed E-state index contributed by atoms with van der Waals surface area (Å²) >= 11 is 0. The zero-order chi connectivity index (χ0) is 29.0. The molecule has 1 fully saturated rings. The van der Waals surface area contributed by atoms with Crippen molar-refractivity contribution in [2.24, 2.45) is 11.8 Å². The van der Waals surface area contributed by atoms with Gasteiger partial charge >= 0.3 is 6.03 Å². The Bertz CT molecular complexity index is 1350. The Morgan fingerprint density at radius 1 is 1.30 bits per heavy atom. The predicted octanol–water partition coefficient (Wildman–Crippen LogP) is 4.16. The van der Waals surface area contributed by atoms with Crippen molar-refractivity contribution in [1.29, 1.82) is 0 Å². The first-order valence-electron chi connectivity index (χ1n) is 13.9. The maximum absolute atomic E-state index is 13.7. The lowest BCUT2D eigenvalue weighted by molar-refractivity contribution is 0.0830. The van der Waals surface area contributed by atoms with Crippen molar-refractivity contribution >= 4 is 21.7 Å². The maximum Gasteiger partial charge on any atom is 0.321 e. The summed E-state index contributed by atoms with van der Waals surface area (Å²) in [5.74, 6) is 7.46. The van der Waals surface area contributed by atoms with Crippen LogP contribution < -0.4 is 10.1 Å². The number of benzene rings is 1. The molecule has 4 rings (SSSR count). The number of aliphatic hydroxyl groups is 1. The molecule has 11 heteroatoms. The van der Waals surface area contributed by atoms with Crippen molar-refractivity contribution in [3.05, 3.63) is 35.2 Å². The molecular formula is C29H40N4O6S. The number of rotatable bonds is 6. The number of ether oxygens (including phenoxy) is 1. The Balaban J connectivity index is 1.62. The number of carbonyl (C=O) groups excluding carboxylic acids is 1. The summed E-state index contributed by atoms with van der Waals surface area (Å²) in [4.78, 5) is 14.5. The minimum absolute atomic E-state index is 0.0221. The quantitative estimate of drug-likeness (QED) is 0.498. The molecule has 2 aromatic rings. The highest BCUT2D eigenvalue weighted by Crippen LogP contribution is 2.34. The lowest BCUT2D eigenvalue weighted by atomic mass is 10.0. The summed E-state index contributed by atoms with van der Waals surface area (Å²) < 4.78 is 40.3. The molecule has 2 aliphatic rings. The summed E-state index contributed by atoms with van der Waals surface area (Å²) in [5, 5.41) is 16.6. The van der Waals surface area contributed by atoms with Gasteiger partial charge in [0.2, 0.25) is 10.0 Å². The van der Waals surface area contributed by atoms with Crippen LogP contribution in [0.4, 0.5) is 10.5 Å². The van der Waals surface area contributed by atoms with Gasteiger partial charge in [-0.25, -0.2) is 13.2 Å². The first kappa shape index (κ1) is 29.9. The SMILES string of the molecule is Cc1noc(C)c1NC(=O)N(C)C[C@H]1Oc2cc(C#CCC3CCCC3)ccc2S(=O)(=O)N([C@@H](C)CO)C[C@@H]1C. The molecule has 0 bridgehead atoms. The molecule has 40 heavy (non-hydrogen) atoms. The molecule has 1 saturated carbocycles. The van der Waals surface area contributed by atoms with Crippen molar-refractivity contribution in [2.45, 2.75) is 76.8 Å². The first-order valence-corrected chi connectivity index (χ1v) is 15.3. The Labute approximate surface area is 237 Å². The molecular weight excluding hydrogens is 532 g/mol. The number of urea groups is 1. The highest BCUT2D eigenvalue weighted by Gasteiger charge is 2.38. The van der Waals surface area contributed by atoms with Gasteiger partial charge in [0.1, 0.15) is 28.1 Å². The van der Waals surface area contributed by atoms with Crippen molar-refractivity contribution in [3.63, 3.8) is 0 Å². The van der Waals surface area contributed by atoms with Gasteiger partial charge in [-0.1, -0.05) is 36.8 Å². The van der Waals surface area contributed by atoms with Gasteiger partial charge in [0, 0.05) is 37.5 Å². The van der Waals surface area contributed by atoms with E-state index in [1.54, 1.807) is 40.0 Å². The fourth-order valence-corrected chi connectivity index (χ4v) is 7.08. The van der Waals surface area contributed by atoms with E-state index in [2.05, 4.69) is 22.3 Å². The van der Waals surface area contributed by atoms with E-state index in [9.17, 15) is 18.3 Å². The average Bonchev–Trinajstić information content (AvgIpc) is 3.55. The fraction of sp³-hybridized carbons (Fsp3) is 0.586. The number of likely N-dealkylation sites (N-methyl/N-ethyl adjacent to an activating group) is 1. The largest absolute Gasteiger partial charge is 0.487 e. The minimum Gasteiger partial charge on any atom is -0.487 e. The van der Waals surface area contributed by atoms with Gasteiger partial charge in [0.15, 0.2) is 5.76 Å². The minimum atomic E-state index is -3.96. The maximum atomic E-state index is 13.7. The summed E-state index contributed by atoms with van der Waals surface area (Å²) in [7, 11) is -2.31. The van der Waals surface area contributed by atoms with Crippen LogP contribution in [0.2, 0.25) is 0 Å². The molecule has 0 spiro atoms. The first-order chi connectivity index (χ1) is 19.0. The molecule has 1 aliphatic carbocycles. The van der Waals surface area contributed by atoms with E-state index in [4.69, 9.17) is 9.26 Å². The normalized spacial score (nSPS) is 21.8. The summed E-state index contributed by atoms with van der Waals surface area (Å²) in [6, 6.07) is 3.90. The van der Waals surface area contributed by atoms with Gasteiger partial charge in [0.05, 0.1) is 13.2 Å². The molecule has 1 aromatic carbocycles. The molecule has 0 unspecified atom stereocenters. The Morgan fingerprint density at radius 3 is 2.67 bits per heavy atom. The van der Waals surface area contributed by atoms with Crippen molar-refractivity contribution in [2.75, 3.05) is 32.1 Å². The number of aryl methyl sites for hydroxylation is 2. The van der Waals surface area contributed by atoms with Gasteiger partial charge in [-0.3, -0.25) is 0 Å². The molecule has 218 valence electrons. The van der Waals surface area contributed by atoms with Crippen LogP contribution in [0.25, 0.3) is 0 Å². The highest BCUT2D eigenvalue weighted by atomic mass is 32.2. The highest BCUT2D eigenvalue weighted by molar-refractivity contribution is 7.89. The third kappa shape index (κ3) is 6.62. The molecule has 0 radical (unpaired) electrons. The summed E-state index contributed by atoms with van der Waals surface area (Å²) in [5.41, 5.74) is 1.76. The second kappa shape index (κ2) is 12.6. The van der Waals surface area contributed by atoms with E-state index < -0.39 is 22.2 Å². The number of amides is 2. The zero-order valence-electron chi connectivity index (χ0n) is 23.9. The molecule has 2 amide bonds. The van der Waals surface area contributed by atoms with Crippen LogP contribution in [0, 0.1) is 37.5 Å². The zero-order valence-corrected chi connectivity index (χ0v) is 24.8. The van der Waals surface area contributed by atoms with Crippen LogP contribution in [-0.2, 0) is 10.0 Å². The number of hydrogen-bond acceptors (Lipinski definition) is 7. The smallest absolute Gasteiger partial charge is 0.321 e. The van der Waals surface area contributed by atoms with Gasteiger partial charge in [0.25, 0.3) is 0 Å². The van der Waals surface area contributed by atoms with Crippen LogP contribution >= 0.6 is 0 Å². The van der Waals surface area contributed by atoms with E-state index in [0.29, 0.717) is 28.6 Å². The van der Waals surface area contributed by atoms with Gasteiger partial charge in [-0.05, 0) is 57.7 Å². The van der Waals surface area contributed by atoms with Gasteiger partial charge in [-0.2, -0.15) is 4.31 Å². The molecule has 10 nitrogen and oxygen atoms in total. The number of sulfonamides is 1. The third-order valence-electron chi connectivity index (χ3n) is 7.83. The molecule has 0 saturated heterocycles. The van der Waals surface area contributed by atoms with Crippen LogP contribution in [0.5, 0.6) is 5.75 Å². The average molecular weight is 573 g/mol. The van der Waals surface area contributed by atoms with Gasteiger partial charge < -0.3 is 24.6 Å². The number of fused-ring (bicyclic) bond motifs is 1. The molecule has 2 heterocycles. The lowest BCUT2D eigenvalue weighted by Crippen LogP contribution is -2.50. The van der Waals surface area contributed by atoms with Crippen molar-refractivity contribution in [3.8, 4) is 17.6 Å². The van der Waals surface area contributed by atoms with E-state index in [-0.39, 0.29) is 42.3 Å². The fourth-order valence-electron chi connectivity index (χ4n) is 5.25. The van der Waals surface area contributed by atoms with E-state index in [1.807, 2.05) is 6.92 Å². The van der Waals surface area contributed by atoms with Crippen LogP contribution in [0.3, 0.4) is 0 Å². The monoisotopic (exact) mass is 572 g/mol. The second-order valence-electron chi connectivity index (χ2n) is 11.1. The lowest BCUT2D eigenvalue weighted by Gasteiger charge is -2.37. The Morgan fingerprint density at radius 2 is 2.02 bits per heavy atom. The third-order valence-corrected chi connectivity index (χ3v) is 9.85. The summed E-state index contributed by atoms with van der Waals surface area (Å²) in [6.07, 6.45) is 5.20. The Hall–Kier alpha value is -3.07. The second-order valence-corrected chi connectivity index (χ2v) is 12.9. The van der Waals surface area contributed by atoms with Gasteiger partial charge in [-0.15, -0.1) is 0 Å². The van der Waals surface area contributed by atoms with Crippen LogP contribution in [-0.4, -0.2) is 72.8 Å². The van der Waals surface area contributed by atoms with Crippen molar-refractivity contribution < 1.29 is 27.6 Å². The molecule has 2 N–H and O–H groups in total. The summed E-state index contributed by atoms with van der Waals surface area (Å²) in [6.45, 7) is 7.01. The molecule has 1 aromatic heterocycles. The number of hydrogen-bond donors (Lipinski definition) is 2. The standard InChI is InChI=1S/C29H40N4O6S/c1-19-16-33(20(2)18-34)40(36,37)27-14-13-24(12-8-11-23-9-6-7-10-23)15-25(27)38-26(19)17-32(5)29(35)30-28-21(3)31-39-22(28)4/h13-15,19-20,23,26,34H,6-7,9-11,16-18H2,1-5H3,(H,30,35)/t19-,20-,26+/m0/s1. The Kier molecular flexibility index (Phi) is 9.44. The number of nitrogens with one attached hydrogen (secondary N) is 1.